The smallest absolute Gasteiger partial charge is 0.257 e. The number of rotatable bonds is 6. The molecule has 3 aromatic rings. The first-order valence-corrected chi connectivity index (χ1v) is 9.17. The number of nitrogens with zero attached hydrogens (tertiary/aromatic N) is 1. The van der Waals surface area contributed by atoms with E-state index < -0.39 is 0 Å². The van der Waals surface area contributed by atoms with Gasteiger partial charge >= 0.3 is 0 Å². The Labute approximate surface area is 164 Å². The number of benzene rings is 2. The number of nitrogens with one attached hydrogen (secondary N) is 2. The van der Waals surface area contributed by atoms with Crippen LogP contribution in [0.1, 0.15) is 53.0 Å². The summed E-state index contributed by atoms with van der Waals surface area (Å²) in [6, 6.07) is 16.7. The SMILES string of the molecule is CC(=O)c1ccc(Nc2cncc(C(=O)Nc3ccc(C(C)C)cc3)c2)cc1. The van der Waals surface area contributed by atoms with Crippen LogP contribution < -0.4 is 10.6 Å². The molecule has 1 aromatic heterocycles. The molecule has 0 aliphatic heterocycles. The number of pyridine rings is 1. The number of carbonyl (C=O) groups is 2. The highest BCUT2D eigenvalue weighted by Gasteiger charge is 2.09. The number of amides is 1. The summed E-state index contributed by atoms with van der Waals surface area (Å²) in [6.07, 6.45) is 3.18. The van der Waals surface area contributed by atoms with Crippen LogP contribution in [0.3, 0.4) is 0 Å². The van der Waals surface area contributed by atoms with Crippen molar-refractivity contribution in [2.24, 2.45) is 0 Å². The third-order valence-corrected chi connectivity index (χ3v) is 4.42. The Morgan fingerprint density at radius 1 is 0.821 bits per heavy atom. The Morgan fingerprint density at radius 3 is 2.07 bits per heavy atom. The number of ketones is 1. The zero-order valence-electron chi connectivity index (χ0n) is 16.2. The molecule has 0 bridgehead atoms. The zero-order valence-corrected chi connectivity index (χ0v) is 16.2. The molecule has 0 atom stereocenters. The lowest BCUT2D eigenvalue weighted by Crippen LogP contribution is -2.12. The fourth-order valence-corrected chi connectivity index (χ4v) is 2.74. The van der Waals surface area contributed by atoms with Crippen molar-refractivity contribution in [1.82, 2.24) is 4.98 Å². The predicted octanol–water partition coefficient (Wildman–Crippen LogP) is 5.40. The Kier molecular flexibility index (Phi) is 5.84. The van der Waals surface area contributed by atoms with Crippen LogP contribution in [0.2, 0.25) is 0 Å². The van der Waals surface area contributed by atoms with Gasteiger partial charge in [-0.15, -0.1) is 0 Å². The number of hydrogen-bond donors (Lipinski definition) is 2. The highest BCUT2D eigenvalue weighted by atomic mass is 16.1. The van der Waals surface area contributed by atoms with E-state index in [2.05, 4.69) is 29.5 Å². The summed E-state index contributed by atoms with van der Waals surface area (Å²) in [5, 5.41) is 6.09. The van der Waals surface area contributed by atoms with Crippen molar-refractivity contribution < 1.29 is 9.59 Å². The van der Waals surface area contributed by atoms with Crippen LogP contribution in [0.15, 0.2) is 67.0 Å². The van der Waals surface area contributed by atoms with Gasteiger partial charge in [-0.05, 0) is 60.9 Å². The highest BCUT2D eigenvalue weighted by Crippen LogP contribution is 2.20. The van der Waals surface area contributed by atoms with E-state index in [0.717, 1.165) is 11.4 Å². The first-order chi connectivity index (χ1) is 13.4. The number of Topliss-reactive ketones (excluding diaryl/α,β-unsaturated/α-hetero) is 1. The van der Waals surface area contributed by atoms with Gasteiger partial charge in [0.1, 0.15) is 0 Å². The molecule has 0 saturated carbocycles. The van der Waals surface area contributed by atoms with Crippen molar-refractivity contribution in [1.29, 1.82) is 0 Å². The Bertz CT molecular complexity index is 977. The molecule has 0 unspecified atom stereocenters. The quantitative estimate of drug-likeness (QED) is 0.567. The molecule has 28 heavy (non-hydrogen) atoms. The van der Waals surface area contributed by atoms with Gasteiger partial charge in [0.2, 0.25) is 0 Å². The molecule has 5 nitrogen and oxygen atoms in total. The van der Waals surface area contributed by atoms with Gasteiger partial charge in [0.25, 0.3) is 5.91 Å². The van der Waals surface area contributed by atoms with Crippen molar-refractivity contribution in [3.05, 3.63) is 83.7 Å². The average molecular weight is 373 g/mol. The van der Waals surface area contributed by atoms with Gasteiger partial charge in [-0.25, -0.2) is 0 Å². The number of aromatic nitrogens is 1. The van der Waals surface area contributed by atoms with Gasteiger partial charge in [-0.2, -0.15) is 0 Å². The minimum absolute atomic E-state index is 0.0216. The summed E-state index contributed by atoms with van der Waals surface area (Å²) < 4.78 is 0. The van der Waals surface area contributed by atoms with Gasteiger partial charge in [0, 0.05) is 23.1 Å². The van der Waals surface area contributed by atoms with Gasteiger partial charge in [0.15, 0.2) is 5.78 Å². The summed E-state index contributed by atoms with van der Waals surface area (Å²) >= 11 is 0. The molecule has 1 amide bonds. The van der Waals surface area contributed by atoms with Crippen molar-refractivity contribution >= 4 is 28.8 Å². The number of anilines is 3. The summed E-state index contributed by atoms with van der Waals surface area (Å²) in [4.78, 5) is 28.1. The fraction of sp³-hybridized carbons (Fsp3) is 0.174. The molecule has 0 radical (unpaired) electrons. The van der Waals surface area contributed by atoms with Crippen LogP contribution in [0.4, 0.5) is 17.1 Å². The molecule has 0 saturated heterocycles. The van der Waals surface area contributed by atoms with E-state index in [1.807, 2.05) is 36.4 Å². The third-order valence-electron chi connectivity index (χ3n) is 4.42. The van der Waals surface area contributed by atoms with Gasteiger partial charge in [-0.1, -0.05) is 26.0 Å². The number of hydrogen-bond acceptors (Lipinski definition) is 4. The Hall–Kier alpha value is -3.47. The van der Waals surface area contributed by atoms with Crippen LogP contribution in [0, 0.1) is 0 Å². The Balaban J connectivity index is 1.69. The van der Waals surface area contributed by atoms with Crippen molar-refractivity contribution in [2.75, 3.05) is 10.6 Å². The van der Waals surface area contributed by atoms with E-state index in [1.165, 1.54) is 18.7 Å². The molecular formula is C23H23N3O2. The van der Waals surface area contributed by atoms with Crippen LogP contribution in [-0.2, 0) is 0 Å². The summed E-state index contributed by atoms with van der Waals surface area (Å²) in [5.74, 6) is 0.245. The van der Waals surface area contributed by atoms with Crippen LogP contribution in [0.5, 0.6) is 0 Å². The maximum atomic E-state index is 12.5. The maximum absolute atomic E-state index is 12.5. The van der Waals surface area contributed by atoms with E-state index in [9.17, 15) is 9.59 Å². The van der Waals surface area contributed by atoms with E-state index in [4.69, 9.17) is 0 Å². The first-order valence-electron chi connectivity index (χ1n) is 9.17. The van der Waals surface area contributed by atoms with E-state index >= 15 is 0 Å². The standard InChI is InChI=1S/C23H23N3O2/c1-15(2)17-4-8-21(9-5-17)26-23(28)19-12-22(14-24-13-19)25-20-10-6-18(7-11-20)16(3)27/h4-15,25H,1-3H3,(H,26,28). The molecule has 3 rings (SSSR count). The second-order valence-corrected chi connectivity index (χ2v) is 6.95. The lowest BCUT2D eigenvalue weighted by Gasteiger charge is -2.10. The molecule has 2 aromatic carbocycles. The fourth-order valence-electron chi connectivity index (χ4n) is 2.74. The van der Waals surface area contributed by atoms with Crippen molar-refractivity contribution in [2.45, 2.75) is 26.7 Å². The van der Waals surface area contributed by atoms with Crippen LogP contribution >= 0.6 is 0 Å². The second-order valence-electron chi connectivity index (χ2n) is 6.95. The molecule has 5 heteroatoms. The zero-order chi connectivity index (χ0) is 20.1. The van der Waals surface area contributed by atoms with E-state index in [1.54, 1.807) is 24.4 Å². The lowest BCUT2D eigenvalue weighted by atomic mass is 10.0. The Morgan fingerprint density at radius 2 is 1.46 bits per heavy atom. The van der Waals surface area contributed by atoms with Crippen LogP contribution in [-0.4, -0.2) is 16.7 Å². The third kappa shape index (κ3) is 4.82. The van der Waals surface area contributed by atoms with Crippen LogP contribution in [0.25, 0.3) is 0 Å². The molecule has 0 spiro atoms. The molecule has 142 valence electrons. The largest absolute Gasteiger partial charge is 0.354 e. The topological polar surface area (TPSA) is 71.1 Å². The van der Waals surface area contributed by atoms with Gasteiger partial charge < -0.3 is 10.6 Å². The highest BCUT2D eigenvalue weighted by molar-refractivity contribution is 6.04. The predicted molar refractivity (Wildman–Crippen MR) is 112 cm³/mol. The summed E-state index contributed by atoms with van der Waals surface area (Å²) in [7, 11) is 0. The minimum atomic E-state index is -0.222. The van der Waals surface area contributed by atoms with Crippen molar-refractivity contribution in [3.8, 4) is 0 Å². The molecule has 0 aliphatic rings. The summed E-state index contributed by atoms with van der Waals surface area (Å²) in [5.41, 5.74) is 4.58. The van der Waals surface area contributed by atoms with E-state index in [-0.39, 0.29) is 11.7 Å². The molecule has 0 aliphatic carbocycles. The normalized spacial score (nSPS) is 10.6. The number of carbonyl (C=O) groups excluding carboxylic acids is 2. The maximum Gasteiger partial charge on any atom is 0.257 e. The lowest BCUT2D eigenvalue weighted by molar-refractivity contribution is 0.101. The molecule has 0 fully saturated rings. The molecular weight excluding hydrogens is 350 g/mol. The first kappa shape index (κ1) is 19.3. The van der Waals surface area contributed by atoms with E-state index in [0.29, 0.717) is 22.7 Å². The summed E-state index contributed by atoms with van der Waals surface area (Å²) in [6.45, 7) is 5.79. The molecule has 2 N–H and O–H groups in total. The van der Waals surface area contributed by atoms with Gasteiger partial charge in [0.05, 0.1) is 17.4 Å². The van der Waals surface area contributed by atoms with Gasteiger partial charge in [-0.3, -0.25) is 14.6 Å². The average Bonchev–Trinajstić information content (AvgIpc) is 2.69. The minimum Gasteiger partial charge on any atom is -0.354 e. The van der Waals surface area contributed by atoms with Crippen molar-refractivity contribution in [3.63, 3.8) is 0 Å². The second kappa shape index (κ2) is 8.48. The molecule has 1 heterocycles. The monoisotopic (exact) mass is 373 g/mol.